The Bertz CT molecular complexity index is 878. The van der Waals surface area contributed by atoms with Gasteiger partial charge in [0, 0.05) is 17.3 Å². The van der Waals surface area contributed by atoms with Gasteiger partial charge in [0.05, 0.1) is 5.69 Å². The van der Waals surface area contributed by atoms with E-state index in [1.807, 2.05) is 12.1 Å². The molecule has 2 aromatic carbocycles. The Kier molecular flexibility index (Phi) is 5.31. The molecule has 0 bridgehead atoms. The van der Waals surface area contributed by atoms with E-state index in [0.29, 0.717) is 33.0 Å². The third-order valence-corrected chi connectivity index (χ3v) is 4.79. The van der Waals surface area contributed by atoms with E-state index in [9.17, 15) is 9.18 Å². The summed E-state index contributed by atoms with van der Waals surface area (Å²) in [5.74, 6) is -0.486. The first-order chi connectivity index (χ1) is 12.0. The third kappa shape index (κ3) is 4.55. The minimum atomic E-state index is -0.303. The smallest absolute Gasteiger partial charge is 0.263 e. The van der Waals surface area contributed by atoms with Crippen LogP contribution in [0.25, 0.3) is 0 Å². The van der Waals surface area contributed by atoms with E-state index in [-0.39, 0.29) is 11.7 Å². The van der Waals surface area contributed by atoms with Crippen LogP contribution < -0.4 is 10.6 Å². The predicted octanol–water partition coefficient (Wildman–Crippen LogP) is 4.92. The molecule has 4 nitrogen and oxygen atoms in total. The van der Waals surface area contributed by atoms with Gasteiger partial charge in [-0.3, -0.25) is 4.79 Å². The first-order valence-electron chi connectivity index (χ1n) is 7.54. The van der Waals surface area contributed by atoms with Gasteiger partial charge >= 0.3 is 0 Å². The van der Waals surface area contributed by atoms with E-state index < -0.39 is 0 Å². The summed E-state index contributed by atoms with van der Waals surface area (Å²) in [6.07, 6.45) is 0. The summed E-state index contributed by atoms with van der Waals surface area (Å²) < 4.78 is 12.9. The summed E-state index contributed by atoms with van der Waals surface area (Å²) in [7, 11) is 0. The van der Waals surface area contributed by atoms with Gasteiger partial charge < -0.3 is 10.6 Å². The Morgan fingerprint density at radius 3 is 2.52 bits per heavy atom. The fourth-order valence-electron chi connectivity index (χ4n) is 2.18. The van der Waals surface area contributed by atoms with E-state index in [2.05, 4.69) is 15.6 Å². The highest BCUT2D eigenvalue weighted by Crippen LogP contribution is 2.26. The van der Waals surface area contributed by atoms with Crippen LogP contribution in [-0.4, -0.2) is 10.9 Å². The number of rotatable bonds is 5. The van der Waals surface area contributed by atoms with Gasteiger partial charge in [-0.2, -0.15) is 0 Å². The Balaban J connectivity index is 1.65. The van der Waals surface area contributed by atoms with Crippen LogP contribution in [0.4, 0.5) is 15.2 Å². The standard InChI is InChI=1S/C18H15ClFN3OS/c1-11-16(17(24)21-10-12-2-4-13(19)5-3-12)25-18(22-11)23-15-8-6-14(20)7-9-15/h2-9H,10H2,1H3,(H,21,24)(H,22,23). The number of carbonyl (C=O) groups excluding carboxylic acids is 1. The maximum atomic E-state index is 12.9. The number of anilines is 2. The molecule has 1 aromatic heterocycles. The maximum absolute atomic E-state index is 12.9. The van der Waals surface area contributed by atoms with Crippen molar-refractivity contribution in [3.8, 4) is 0 Å². The molecule has 1 heterocycles. The van der Waals surface area contributed by atoms with Crippen LogP contribution >= 0.6 is 22.9 Å². The highest BCUT2D eigenvalue weighted by Gasteiger charge is 2.15. The zero-order chi connectivity index (χ0) is 17.8. The number of carbonyl (C=O) groups is 1. The Morgan fingerprint density at radius 2 is 1.84 bits per heavy atom. The second-order valence-electron chi connectivity index (χ2n) is 5.37. The normalized spacial score (nSPS) is 10.5. The molecule has 0 spiro atoms. The van der Waals surface area contributed by atoms with Crippen molar-refractivity contribution in [2.75, 3.05) is 5.32 Å². The predicted molar refractivity (Wildman–Crippen MR) is 99.2 cm³/mol. The summed E-state index contributed by atoms with van der Waals surface area (Å²) in [6.45, 7) is 2.19. The lowest BCUT2D eigenvalue weighted by molar-refractivity contribution is 0.0954. The molecule has 0 radical (unpaired) electrons. The summed E-state index contributed by atoms with van der Waals surface area (Å²) in [5.41, 5.74) is 2.32. The average molecular weight is 376 g/mol. The zero-order valence-corrected chi connectivity index (χ0v) is 14.9. The Hall–Kier alpha value is -2.44. The molecule has 3 aromatic rings. The molecule has 0 aliphatic carbocycles. The average Bonchev–Trinajstić information content (AvgIpc) is 2.96. The fraction of sp³-hybridized carbons (Fsp3) is 0.111. The van der Waals surface area contributed by atoms with E-state index >= 15 is 0 Å². The number of thiazole rings is 1. The van der Waals surface area contributed by atoms with E-state index in [4.69, 9.17) is 11.6 Å². The summed E-state index contributed by atoms with van der Waals surface area (Å²) in [4.78, 5) is 17.3. The lowest BCUT2D eigenvalue weighted by Crippen LogP contribution is -2.22. The third-order valence-electron chi connectivity index (χ3n) is 3.46. The minimum Gasteiger partial charge on any atom is -0.347 e. The van der Waals surface area contributed by atoms with Crippen molar-refractivity contribution in [2.24, 2.45) is 0 Å². The highest BCUT2D eigenvalue weighted by atomic mass is 35.5. The van der Waals surface area contributed by atoms with Gasteiger partial charge in [0.15, 0.2) is 5.13 Å². The molecule has 0 saturated carbocycles. The molecule has 0 aliphatic rings. The lowest BCUT2D eigenvalue weighted by atomic mass is 10.2. The fourth-order valence-corrected chi connectivity index (χ4v) is 3.21. The van der Waals surface area contributed by atoms with E-state index in [1.54, 1.807) is 31.2 Å². The van der Waals surface area contributed by atoms with Crippen LogP contribution in [0.2, 0.25) is 5.02 Å². The molecular weight excluding hydrogens is 361 g/mol. The largest absolute Gasteiger partial charge is 0.347 e. The van der Waals surface area contributed by atoms with E-state index in [0.717, 1.165) is 5.56 Å². The van der Waals surface area contributed by atoms with Crippen molar-refractivity contribution in [1.29, 1.82) is 0 Å². The summed E-state index contributed by atoms with van der Waals surface area (Å²) in [6, 6.07) is 13.3. The number of aryl methyl sites for hydroxylation is 1. The van der Waals surface area contributed by atoms with Crippen molar-refractivity contribution in [3.63, 3.8) is 0 Å². The molecule has 3 rings (SSSR count). The molecule has 0 unspecified atom stereocenters. The second kappa shape index (κ2) is 7.63. The first-order valence-corrected chi connectivity index (χ1v) is 8.73. The SMILES string of the molecule is Cc1nc(Nc2ccc(F)cc2)sc1C(=O)NCc1ccc(Cl)cc1. The monoisotopic (exact) mass is 375 g/mol. The van der Waals surface area contributed by atoms with Crippen LogP contribution in [0.15, 0.2) is 48.5 Å². The van der Waals surface area contributed by atoms with Crippen LogP contribution in [0.3, 0.4) is 0 Å². The molecule has 0 fully saturated rings. The zero-order valence-electron chi connectivity index (χ0n) is 13.3. The molecule has 7 heteroatoms. The Labute approximate surface area is 153 Å². The van der Waals surface area contributed by atoms with Gasteiger partial charge in [0.2, 0.25) is 0 Å². The molecule has 2 N–H and O–H groups in total. The van der Waals surface area contributed by atoms with Crippen LogP contribution in [0.1, 0.15) is 20.9 Å². The van der Waals surface area contributed by atoms with E-state index in [1.165, 1.54) is 23.5 Å². The number of hydrogen-bond donors (Lipinski definition) is 2. The number of benzene rings is 2. The minimum absolute atomic E-state index is 0.183. The van der Waals surface area contributed by atoms with Gasteiger partial charge in [-0.15, -0.1) is 0 Å². The molecule has 0 saturated heterocycles. The van der Waals surface area contributed by atoms with Crippen molar-refractivity contribution >= 4 is 39.7 Å². The molecule has 0 aliphatic heterocycles. The number of nitrogens with zero attached hydrogens (tertiary/aromatic N) is 1. The second-order valence-corrected chi connectivity index (χ2v) is 6.81. The molecule has 128 valence electrons. The summed E-state index contributed by atoms with van der Waals surface area (Å²) in [5, 5.41) is 7.19. The van der Waals surface area contributed by atoms with Gasteiger partial charge in [-0.25, -0.2) is 9.37 Å². The number of halogens is 2. The quantitative estimate of drug-likeness (QED) is 0.665. The number of hydrogen-bond acceptors (Lipinski definition) is 4. The Morgan fingerprint density at radius 1 is 1.16 bits per heavy atom. The van der Waals surface area contributed by atoms with Gasteiger partial charge in [-0.05, 0) is 48.9 Å². The van der Waals surface area contributed by atoms with Crippen molar-refractivity contribution in [2.45, 2.75) is 13.5 Å². The maximum Gasteiger partial charge on any atom is 0.263 e. The molecule has 25 heavy (non-hydrogen) atoms. The van der Waals surface area contributed by atoms with Crippen LogP contribution in [0, 0.1) is 12.7 Å². The number of aromatic nitrogens is 1. The highest BCUT2D eigenvalue weighted by molar-refractivity contribution is 7.17. The van der Waals surface area contributed by atoms with Crippen LogP contribution in [0.5, 0.6) is 0 Å². The molecular formula is C18H15ClFN3OS. The van der Waals surface area contributed by atoms with Crippen molar-refractivity contribution in [1.82, 2.24) is 10.3 Å². The first kappa shape index (κ1) is 17.4. The number of amides is 1. The number of nitrogens with one attached hydrogen (secondary N) is 2. The summed E-state index contributed by atoms with van der Waals surface area (Å²) >= 11 is 7.10. The van der Waals surface area contributed by atoms with Crippen LogP contribution in [-0.2, 0) is 6.54 Å². The molecule has 0 atom stereocenters. The topological polar surface area (TPSA) is 54.0 Å². The van der Waals surface area contributed by atoms with Crippen molar-refractivity contribution < 1.29 is 9.18 Å². The van der Waals surface area contributed by atoms with Gasteiger partial charge in [0.25, 0.3) is 5.91 Å². The van der Waals surface area contributed by atoms with Gasteiger partial charge in [0.1, 0.15) is 10.7 Å². The molecule has 1 amide bonds. The lowest BCUT2D eigenvalue weighted by Gasteiger charge is -2.04. The van der Waals surface area contributed by atoms with Gasteiger partial charge in [-0.1, -0.05) is 35.1 Å². The van der Waals surface area contributed by atoms with Crippen molar-refractivity contribution in [3.05, 3.63) is 75.5 Å².